The molecule has 0 aliphatic carbocycles. The van der Waals surface area contributed by atoms with Crippen molar-refractivity contribution in [3.8, 4) is 0 Å². The summed E-state index contributed by atoms with van der Waals surface area (Å²) in [6.45, 7) is 0.916. The molecule has 120 valence electrons. The molecule has 0 atom stereocenters. The van der Waals surface area contributed by atoms with Gasteiger partial charge in [0.1, 0.15) is 0 Å². The Morgan fingerprint density at radius 1 is 0.826 bits per heavy atom. The van der Waals surface area contributed by atoms with Crippen LogP contribution in [0.5, 0.6) is 0 Å². The standard InChI is InChI=1S/C17H20N4O2/c22-16(20-12-14-4-2-8-18-10-14)6-1-7-17(23)21-13-15-5-3-9-19-11-15/h2-5,8-11H,1,6-7,12-13H2,(H,20,22)(H,21,23). The quantitative estimate of drug-likeness (QED) is 0.775. The van der Waals surface area contributed by atoms with Crippen molar-refractivity contribution in [1.82, 2.24) is 20.6 Å². The van der Waals surface area contributed by atoms with Gasteiger partial charge in [0.2, 0.25) is 11.8 Å². The molecule has 2 aromatic rings. The number of pyridine rings is 2. The van der Waals surface area contributed by atoms with Crippen LogP contribution in [0.4, 0.5) is 0 Å². The van der Waals surface area contributed by atoms with Gasteiger partial charge in [-0.1, -0.05) is 12.1 Å². The van der Waals surface area contributed by atoms with Crippen LogP contribution in [-0.4, -0.2) is 21.8 Å². The van der Waals surface area contributed by atoms with E-state index in [-0.39, 0.29) is 11.8 Å². The summed E-state index contributed by atoms with van der Waals surface area (Å²) in [7, 11) is 0. The molecule has 0 radical (unpaired) electrons. The number of amides is 2. The maximum Gasteiger partial charge on any atom is 0.220 e. The fraction of sp³-hybridized carbons (Fsp3) is 0.294. The van der Waals surface area contributed by atoms with E-state index in [1.165, 1.54) is 0 Å². The van der Waals surface area contributed by atoms with Gasteiger partial charge in [-0.3, -0.25) is 19.6 Å². The van der Waals surface area contributed by atoms with E-state index in [2.05, 4.69) is 20.6 Å². The lowest BCUT2D eigenvalue weighted by atomic mass is 10.2. The van der Waals surface area contributed by atoms with Gasteiger partial charge in [0.25, 0.3) is 0 Å². The molecule has 2 aromatic heterocycles. The van der Waals surface area contributed by atoms with Crippen LogP contribution in [0.2, 0.25) is 0 Å². The van der Waals surface area contributed by atoms with Gasteiger partial charge in [-0.15, -0.1) is 0 Å². The number of rotatable bonds is 8. The third-order valence-corrected chi connectivity index (χ3v) is 3.23. The number of aromatic nitrogens is 2. The Balaban J connectivity index is 1.57. The molecule has 2 heterocycles. The molecule has 0 saturated heterocycles. The molecule has 2 rings (SSSR count). The van der Waals surface area contributed by atoms with E-state index < -0.39 is 0 Å². The third-order valence-electron chi connectivity index (χ3n) is 3.23. The molecule has 23 heavy (non-hydrogen) atoms. The molecule has 2 N–H and O–H groups in total. The Morgan fingerprint density at radius 2 is 1.30 bits per heavy atom. The zero-order chi connectivity index (χ0) is 16.3. The number of carbonyl (C=O) groups is 2. The maximum absolute atomic E-state index is 11.7. The lowest BCUT2D eigenvalue weighted by molar-refractivity contribution is -0.122. The van der Waals surface area contributed by atoms with Gasteiger partial charge < -0.3 is 10.6 Å². The van der Waals surface area contributed by atoms with Crippen LogP contribution in [-0.2, 0) is 22.7 Å². The van der Waals surface area contributed by atoms with Crippen molar-refractivity contribution in [3.05, 3.63) is 60.2 Å². The summed E-state index contributed by atoms with van der Waals surface area (Å²) in [5, 5.41) is 5.62. The fourth-order valence-electron chi connectivity index (χ4n) is 1.99. The lowest BCUT2D eigenvalue weighted by Crippen LogP contribution is -2.25. The second-order valence-electron chi connectivity index (χ2n) is 5.13. The molecule has 0 bridgehead atoms. The molecule has 0 unspecified atom stereocenters. The minimum atomic E-state index is -0.0612. The summed E-state index contributed by atoms with van der Waals surface area (Å²) in [6, 6.07) is 7.46. The predicted octanol–water partition coefficient (Wildman–Crippen LogP) is 1.58. The number of carbonyl (C=O) groups excluding carboxylic acids is 2. The molecule has 0 fully saturated rings. The van der Waals surface area contributed by atoms with Crippen molar-refractivity contribution in [2.24, 2.45) is 0 Å². The van der Waals surface area contributed by atoms with Crippen LogP contribution < -0.4 is 10.6 Å². The highest BCUT2D eigenvalue weighted by atomic mass is 16.2. The van der Waals surface area contributed by atoms with E-state index in [1.807, 2.05) is 24.3 Å². The molecule has 0 aliphatic heterocycles. The average molecular weight is 312 g/mol. The Hall–Kier alpha value is -2.76. The van der Waals surface area contributed by atoms with Crippen LogP contribution in [0.25, 0.3) is 0 Å². The molecule has 0 spiro atoms. The van der Waals surface area contributed by atoms with Crippen LogP contribution >= 0.6 is 0 Å². The minimum absolute atomic E-state index is 0.0612. The Bertz CT molecular complexity index is 562. The summed E-state index contributed by atoms with van der Waals surface area (Å²) in [6.07, 6.45) is 8.00. The summed E-state index contributed by atoms with van der Waals surface area (Å²) in [5.74, 6) is -0.122. The average Bonchev–Trinajstić information content (AvgIpc) is 2.60. The highest BCUT2D eigenvalue weighted by Crippen LogP contribution is 2.00. The molecule has 0 saturated carbocycles. The zero-order valence-electron chi connectivity index (χ0n) is 12.9. The van der Waals surface area contributed by atoms with Crippen LogP contribution in [0, 0.1) is 0 Å². The highest BCUT2D eigenvalue weighted by Gasteiger charge is 2.05. The third kappa shape index (κ3) is 6.69. The van der Waals surface area contributed by atoms with E-state index >= 15 is 0 Å². The minimum Gasteiger partial charge on any atom is -0.352 e. The largest absolute Gasteiger partial charge is 0.352 e. The number of nitrogens with one attached hydrogen (secondary N) is 2. The number of hydrogen-bond donors (Lipinski definition) is 2. The van der Waals surface area contributed by atoms with Crippen molar-refractivity contribution >= 4 is 11.8 Å². The van der Waals surface area contributed by atoms with E-state index in [1.54, 1.807) is 24.8 Å². The smallest absolute Gasteiger partial charge is 0.220 e. The lowest BCUT2D eigenvalue weighted by Gasteiger charge is -2.06. The first-order valence-corrected chi connectivity index (χ1v) is 7.55. The first-order chi connectivity index (χ1) is 11.2. The molecule has 6 nitrogen and oxygen atoms in total. The van der Waals surface area contributed by atoms with Gasteiger partial charge in [0.15, 0.2) is 0 Å². The van der Waals surface area contributed by atoms with E-state index in [0.29, 0.717) is 32.4 Å². The van der Waals surface area contributed by atoms with Crippen LogP contribution in [0.1, 0.15) is 30.4 Å². The van der Waals surface area contributed by atoms with E-state index in [9.17, 15) is 9.59 Å². The van der Waals surface area contributed by atoms with E-state index in [0.717, 1.165) is 11.1 Å². The zero-order valence-corrected chi connectivity index (χ0v) is 12.9. The second kappa shape index (κ2) is 9.30. The molecular weight excluding hydrogens is 292 g/mol. The van der Waals surface area contributed by atoms with Gasteiger partial charge >= 0.3 is 0 Å². The predicted molar refractivity (Wildman–Crippen MR) is 86.0 cm³/mol. The van der Waals surface area contributed by atoms with Crippen LogP contribution in [0.3, 0.4) is 0 Å². The van der Waals surface area contributed by atoms with Crippen molar-refractivity contribution in [1.29, 1.82) is 0 Å². The fourth-order valence-corrected chi connectivity index (χ4v) is 1.99. The van der Waals surface area contributed by atoms with Crippen molar-refractivity contribution in [3.63, 3.8) is 0 Å². The highest BCUT2D eigenvalue weighted by molar-refractivity contribution is 5.78. The molecule has 0 aliphatic rings. The topological polar surface area (TPSA) is 84.0 Å². The van der Waals surface area contributed by atoms with E-state index in [4.69, 9.17) is 0 Å². The summed E-state index contributed by atoms with van der Waals surface area (Å²) >= 11 is 0. The summed E-state index contributed by atoms with van der Waals surface area (Å²) < 4.78 is 0. The SMILES string of the molecule is O=C(CCCC(=O)NCc1cccnc1)NCc1cccnc1. The molecular formula is C17H20N4O2. The monoisotopic (exact) mass is 312 g/mol. The Morgan fingerprint density at radius 3 is 1.70 bits per heavy atom. The molecule has 0 aromatic carbocycles. The second-order valence-corrected chi connectivity index (χ2v) is 5.13. The number of nitrogens with zero attached hydrogens (tertiary/aromatic N) is 2. The van der Waals surface area contributed by atoms with Gasteiger partial charge in [0, 0.05) is 50.7 Å². The van der Waals surface area contributed by atoms with Gasteiger partial charge in [0.05, 0.1) is 0 Å². The van der Waals surface area contributed by atoms with Gasteiger partial charge in [-0.05, 0) is 29.7 Å². The first kappa shape index (κ1) is 16.6. The first-order valence-electron chi connectivity index (χ1n) is 7.55. The van der Waals surface area contributed by atoms with Crippen molar-refractivity contribution in [2.75, 3.05) is 0 Å². The summed E-state index contributed by atoms with van der Waals surface area (Å²) in [4.78, 5) is 31.4. The normalized spacial score (nSPS) is 10.1. The Kier molecular flexibility index (Phi) is 6.71. The molecule has 6 heteroatoms. The Labute approximate surface area is 135 Å². The molecule has 2 amide bonds. The van der Waals surface area contributed by atoms with Gasteiger partial charge in [-0.25, -0.2) is 0 Å². The van der Waals surface area contributed by atoms with Crippen molar-refractivity contribution < 1.29 is 9.59 Å². The van der Waals surface area contributed by atoms with Crippen molar-refractivity contribution in [2.45, 2.75) is 32.4 Å². The van der Waals surface area contributed by atoms with Crippen LogP contribution in [0.15, 0.2) is 49.1 Å². The maximum atomic E-state index is 11.7. The van der Waals surface area contributed by atoms with Gasteiger partial charge in [-0.2, -0.15) is 0 Å². The number of hydrogen-bond acceptors (Lipinski definition) is 4. The summed E-state index contributed by atoms with van der Waals surface area (Å²) in [5.41, 5.74) is 1.91.